The highest BCUT2D eigenvalue weighted by Gasteiger charge is 2.25. The van der Waals surface area contributed by atoms with Crippen LogP contribution in [0.1, 0.15) is 24.7 Å². The van der Waals surface area contributed by atoms with E-state index in [1.807, 2.05) is 32.2 Å². The Morgan fingerprint density at radius 2 is 2.20 bits per heavy atom. The Balaban J connectivity index is 1.72. The summed E-state index contributed by atoms with van der Waals surface area (Å²) < 4.78 is 5.76. The smallest absolute Gasteiger partial charge is 0.204 e. The zero-order valence-electron chi connectivity index (χ0n) is 13.9. The number of aromatic nitrogens is 3. The molecule has 0 fully saturated rings. The minimum Gasteiger partial charge on any atom is -0.482 e. The molecule has 0 spiro atoms. The second-order valence-electron chi connectivity index (χ2n) is 5.38. The number of ether oxygens (including phenoxy) is 1. The van der Waals surface area contributed by atoms with E-state index in [1.54, 1.807) is 17.5 Å². The molecule has 0 atom stereocenters. The second kappa shape index (κ2) is 6.89. The molecule has 0 saturated carbocycles. The lowest BCUT2D eigenvalue weighted by Gasteiger charge is -2.12. The van der Waals surface area contributed by atoms with Crippen molar-refractivity contribution < 1.29 is 9.57 Å². The molecule has 0 radical (unpaired) electrons. The Morgan fingerprint density at radius 1 is 1.28 bits per heavy atom. The number of fused-ring (bicyclic) bond motifs is 1. The van der Waals surface area contributed by atoms with Crippen molar-refractivity contribution in [2.75, 3.05) is 13.2 Å². The average molecular weight is 372 g/mol. The van der Waals surface area contributed by atoms with Gasteiger partial charge < -0.3 is 9.57 Å². The van der Waals surface area contributed by atoms with Crippen molar-refractivity contribution in [3.05, 3.63) is 35.9 Å². The van der Waals surface area contributed by atoms with E-state index < -0.39 is 0 Å². The second-order valence-corrected chi connectivity index (χ2v) is 7.35. The Hall–Kier alpha value is -2.32. The monoisotopic (exact) mass is 372 g/mol. The van der Waals surface area contributed by atoms with E-state index in [1.165, 1.54) is 11.3 Å². The number of oxime groups is 1. The highest BCUT2D eigenvalue weighted by molar-refractivity contribution is 7.24. The molecule has 0 aliphatic carbocycles. The topological polar surface area (TPSA) is 69.5 Å². The maximum atomic E-state index is 5.76. The van der Waals surface area contributed by atoms with Crippen LogP contribution in [-0.4, -0.2) is 33.9 Å². The predicted molar refractivity (Wildman–Crippen MR) is 99.5 cm³/mol. The summed E-state index contributed by atoms with van der Waals surface area (Å²) in [6.07, 6.45) is 4.29. The van der Waals surface area contributed by atoms with Crippen LogP contribution in [-0.2, 0) is 4.84 Å². The van der Waals surface area contributed by atoms with Crippen LogP contribution in [0.4, 0.5) is 0 Å². The van der Waals surface area contributed by atoms with E-state index in [0.29, 0.717) is 19.6 Å². The zero-order chi connectivity index (χ0) is 17.2. The summed E-state index contributed by atoms with van der Waals surface area (Å²) in [7, 11) is 0. The van der Waals surface area contributed by atoms with Crippen LogP contribution in [0.3, 0.4) is 0 Å². The normalized spacial score (nSPS) is 15.0. The van der Waals surface area contributed by atoms with E-state index in [0.717, 1.165) is 42.6 Å². The zero-order valence-corrected chi connectivity index (χ0v) is 15.5. The van der Waals surface area contributed by atoms with Crippen molar-refractivity contribution in [1.82, 2.24) is 15.0 Å². The molecule has 0 aromatic carbocycles. The Kier molecular flexibility index (Phi) is 4.46. The van der Waals surface area contributed by atoms with Crippen molar-refractivity contribution in [1.29, 1.82) is 0 Å². The summed E-state index contributed by atoms with van der Waals surface area (Å²) in [5.41, 5.74) is 3.60. The van der Waals surface area contributed by atoms with Gasteiger partial charge in [-0.1, -0.05) is 16.5 Å². The van der Waals surface area contributed by atoms with Gasteiger partial charge in [0, 0.05) is 24.4 Å². The number of aryl methyl sites for hydroxylation is 1. The first kappa shape index (κ1) is 16.2. The predicted octanol–water partition coefficient (Wildman–Crippen LogP) is 4.16. The van der Waals surface area contributed by atoms with E-state index in [2.05, 4.69) is 15.1 Å². The first-order valence-electron chi connectivity index (χ1n) is 7.97. The molecule has 3 aromatic rings. The maximum Gasteiger partial charge on any atom is 0.204 e. The van der Waals surface area contributed by atoms with Crippen molar-refractivity contribution in [2.24, 2.45) is 5.16 Å². The van der Waals surface area contributed by atoms with Gasteiger partial charge in [-0.25, -0.2) is 9.97 Å². The Bertz CT molecular complexity index is 918. The largest absolute Gasteiger partial charge is 0.482 e. The Labute approximate surface area is 153 Å². The number of nitrogens with zero attached hydrogens (tertiary/aromatic N) is 4. The van der Waals surface area contributed by atoms with Gasteiger partial charge in [0.25, 0.3) is 0 Å². The van der Waals surface area contributed by atoms with E-state index in [4.69, 9.17) is 14.6 Å². The van der Waals surface area contributed by atoms with Gasteiger partial charge >= 0.3 is 0 Å². The van der Waals surface area contributed by atoms with Crippen molar-refractivity contribution in [2.45, 2.75) is 20.3 Å². The molecular formula is C17H16N4O2S2. The highest BCUT2D eigenvalue weighted by atomic mass is 32.1. The number of thiazole rings is 2. The fourth-order valence-corrected chi connectivity index (χ4v) is 4.63. The molecule has 0 saturated heterocycles. The van der Waals surface area contributed by atoms with Crippen molar-refractivity contribution in [3.8, 4) is 25.5 Å². The molecule has 8 heteroatoms. The molecular weight excluding hydrogens is 356 g/mol. The molecule has 1 aliphatic rings. The van der Waals surface area contributed by atoms with Gasteiger partial charge in [-0.3, -0.25) is 4.98 Å². The van der Waals surface area contributed by atoms with E-state index >= 15 is 0 Å². The Morgan fingerprint density at radius 3 is 3.00 bits per heavy atom. The minimum atomic E-state index is 0.541. The number of pyridine rings is 1. The lowest BCUT2D eigenvalue weighted by atomic mass is 10.2. The third kappa shape index (κ3) is 3.14. The first-order chi connectivity index (χ1) is 12.3. The van der Waals surface area contributed by atoms with Gasteiger partial charge in [-0.15, -0.1) is 11.3 Å². The molecule has 128 valence electrons. The molecule has 0 N–H and O–H groups in total. The molecule has 6 nitrogen and oxygen atoms in total. The third-order valence-electron chi connectivity index (χ3n) is 3.64. The maximum absolute atomic E-state index is 5.76. The van der Waals surface area contributed by atoms with Crippen molar-refractivity contribution >= 4 is 28.4 Å². The van der Waals surface area contributed by atoms with E-state index in [9.17, 15) is 0 Å². The molecule has 4 heterocycles. The molecule has 4 rings (SSSR count). The van der Waals surface area contributed by atoms with Gasteiger partial charge in [0.1, 0.15) is 28.0 Å². The van der Waals surface area contributed by atoms with Gasteiger partial charge in [0.2, 0.25) is 5.06 Å². The van der Waals surface area contributed by atoms with Crippen LogP contribution in [0.2, 0.25) is 0 Å². The third-order valence-corrected chi connectivity index (χ3v) is 5.97. The van der Waals surface area contributed by atoms with Gasteiger partial charge in [-0.05, 0) is 26.0 Å². The van der Waals surface area contributed by atoms with Crippen LogP contribution < -0.4 is 4.74 Å². The summed E-state index contributed by atoms with van der Waals surface area (Å²) in [4.78, 5) is 19.9. The fraction of sp³-hybridized carbons (Fsp3) is 0.294. The van der Waals surface area contributed by atoms with Crippen LogP contribution in [0.15, 0.2) is 29.7 Å². The lowest BCUT2D eigenvalue weighted by Crippen LogP contribution is -2.15. The lowest BCUT2D eigenvalue weighted by molar-refractivity contribution is 0.157. The van der Waals surface area contributed by atoms with Crippen molar-refractivity contribution in [3.63, 3.8) is 0 Å². The summed E-state index contributed by atoms with van der Waals surface area (Å²) in [5, 5.41) is 6.83. The van der Waals surface area contributed by atoms with Crippen LogP contribution in [0.5, 0.6) is 5.06 Å². The molecule has 0 unspecified atom stereocenters. The molecule has 3 aromatic heterocycles. The van der Waals surface area contributed by atoms with Gasteiger partial charge in [0.05, 0.1) is 17.2 Å². The molecule has 1 aliphatic heterocycles. The average Bonchev–Trinajstić information content (AvgIpc) is 3.24. The summed E-state index contributed by atoms with van der Waals surface area (Å²) >= 11 is 3.15. The summed E-state index contributed by atoms with van der Waals surface area (Å²) in [5.74, 6) is 0. The molecule has 0 amide bonds. The SMILES string of the molecule is CCON=C1CCOc2sc(-c3sc(-c4cccnc4)nc3C)nc21. The minimum absolute atomic E-state index is 0.541. The highest BCUT2D eigenvalue weighted by Crippen LogP contribution is 2.42. The standard InChI is InChI=1S/C17H16N4O2S2/c1-3-23-21-12-6-8-22-17-13(12)20-16(25-17)14-10(2)19-15(24-14)11-5-4-7-18-9-11/h4-5,7,9H,3,6,8H2,1-2H3. The van der Waals surface area contributed by atoms with E-state index in [-0.39, 0.29) is 0 Å². The fourth-order valence-electron chi connectivity index (χ4n) is 2.48. The first-order valence-corrected chi connectivity index (χ1v) is 9.60. The molecule has 0 bridgehead atoms. The number of hydrogen-bond acceptors (Lipinski definition) is 8. The number of hydrogen-bond donors (Lipinski definition) is 0. The quantitative estimate of drug-likeness (QED) is 0.643. The summed E-state index contributed by atoms with van der Waals surface area (Å²) in [6.45, 7) is 5.06. The van der Waals surface area contributed by atoms with Crippen LogP contribution in [0, 0.1) is 6.92 Å². The number of rotatable bonds is 4. The van der Waals surface area contributed by atoms with Crippen LogP contribution in [0.25, 0.3) is 20.5 Å². The van der Waals surface area contributed by atoms with Gasteiger partial charge in [0.15, 0.2) is 0 Å². The molecule has 25 heavy (non-hydrogen) atoms. The summed E-state index contributed by atoms with van der Waals surface area (Å²) in [6, 6.07) is 3.93. The van der Waals surface area contributed by atoms with Gasteiger partial charge in [-0.2, -0.15) is 0 Å². The van der Waals surface area contributed by atoms with Crippen LogP contribution >= 0.6 is 22.7 Å².